The molecule has 0 aliphatic carbocycles. The molecule has 0 spiro atoms. The van der Waals surface area contributed by atoms with Crippen LogP contribution in [0.2, 0.25) is 0 Å². The van der Waals surface area contributed by atoms with E-state index < -0.39 is 0 Å². The molecule has 2 rings (SSSR count). The Morgan fingerprint density at radius 1 is 1.50 bits per heavy atom. The average molecular weight is 210 g/mol. The van der Waals surface area contributed by atoms with E-state index >= 15 is 0 Å². The molecule has 1 fully saturated rings. The van der Waals surface area contributed by atoms with Gasteiger partial charge < -0.3 is 0 Å². The third-order valence-corrected chi connectivity index (χ3v) is 3.55. The quantitative estimate of drug-likeness (QED) is 0.743. The maximum absolute atomic E-state index is 11.0. The fraction of sp³-hybridized carbons (Fsp3) is 0.600. The van der Waals surface area contributed by atoms with E-state index in [9.17, 15) is 4.79 Å². The second-order valence-electron chi connectivity index (χ2n) is 3.68. The Labute approximate surface area is 87.8 Å². The molecule has 76 valence electrons. The standard InChI is InChI=1S/C10H14N2OS/c1-8-10(14-7-11-8)6-12-4-2-9(13)3-5-12/h7H,2-6H2,1H3. The Morgan fingerprint density at radius 3 is 2.79 bits per heavy atom. The van der Waals surface area contributed by atoms with Gasteiger partial charge in [0.25, 0.3) is 0 Å². The Hall–Kier alpha value is -0.740. The van der Waals surface area contributed by atoms with Gasteiger partial charge in [-0.1, -0.05) is 0 Å². The molecule has 0 unspecified atom stereocenters. The fourth-order valence-corrected chi connectivity index (χ4v) is 2.46. The van der Waals surface area contributed by atoms with Crippen LogP contribution in [-0.2, 0) is 11.3 Å². The number of Topliss-reactive ketones (excluding diaryl/α,β-unsaturated/α-hetero) is 1. The van der Waals surface area contributed by atoms with E-state index in [0.717, 1.165) is 38.2 Å². The smallest absolute Gasteiger partial charge is 0.135 e. The molecule has 4 heteroatoms. The molecule has 0 bridgehead atoms. The summed E-state index contributed by atoms with van der Waals surface area (Å²) >= 11 is 1.71. The minimum absolute atomic E-state index is 0.405. The lowest BCUT2D eigenvalue weighted by Crippen LogP contribution is -2.33. The van der Waals surface area contributed by atoms with Gasteiger partial charge in [0.05, 0.1) is 11.2 Å². The fourth-order valence-electron chi connectivity index (χ4n) is 1.64. The van der Waals surface area contributed by atoms with Crippen LogP contribution in [0, 0.1) is 6.92 Å². The monoisotopic (exact) mass is 210 g/mol. The first-order chi connectivity index (χ1) is 6.75. The van der Waals surface area contributed by atoms with Gasteiger partial charge in [0.15, 0.2) is 0 Å². The van der Waals surface area contributed by atoms with Crippen LogP contribution >= 0.6 is 11.3 Å². The van der Waals surface area contributed by atoms with Gasteiger partial charge in [-0.2, -0.15) is 0 Å². The van der Waals surface area contributed by atoms with Gasteiger partial charge in [0.2, 0.25) is 0 Å². The molecule has 14 heavy (non-hydrogen) atoms. The molecule has 0 radical (unpaired) electrons. The molecule has 1 aliphatic rings. The molecule has 3 nitrogen and oxygen atoms in total. The number of rotatable bonds is 2. The van der Waals surface area contributed by atoms with Crippen molar-refractivity contribution in [3.63, 3.8) is 0 Å². The van der Waals surface area contributed by atoms with Crippen molar-refractivity contribution in [2.45, 2.75) is 26.3 Å². The zero-order valence-corrected chi connectivity index (χ0v) is 9.14. The first-order valence-corrected chi connectivity index (χ1v) is 5.76. The van der Waals surface area contributed by atoms with Crippen LogP contribution in [0.25, 0.3) is 0 Å². The van der Waals surface area contributed by atoms with Gasteiger partial charge in [0.1, 0.15) is 5.78 Å². The van der Waals surface area contributed by atoms with Crippen LogP contribution < -0.4 is 0 Å². The number of thiazole rings is 1. The summed E-state index contributed by atoms with van der Waals surface area (Å²) in [6, 6.07) is 0. The molecule has 1 aromatic heterocycles. The number of piperidine rings is 1. The molecule has 1 aliphatic heterocycles. The lowest BCUT2D eigenvalue weighted by molar-refractivity contribution is -0.121. The van der Waals surface area contributed by atoms with Crippen LogP contribution in [0.15, 0.2) is 5.51 Å². The summed E-state index contributed by atoms with van der Waals surface area (Å²) in [4.78, 5) is 18.9. The molecule has 0 saturated carbocycles. The second-order valence-corrected chi connectivity index (χ2v) is 4.62. The Balaban J connectivity index is 1.92. The highest BCUT2D eigenvalue weighted by Gasteiger charge is 2.17. The van der Waals surface area contributed by atoms with Crippen LogP contribution in [0.3, 0.4) is 0 Å². The third-order valence-electron chi connectivity index (χ3n) is 2.63. The van der Waals surface area contributed by atoms with Crippen LogP contribution in [-0.4, -0.2) is 28.8 Å². The largest absolute Gasteiger partial charge is 0.300 e. The number of ketones is 1. The Kier molecular flexibility index (Phi) is 2.93. The zero-order chi connectivity index (χ0) is 9.97. The molecule has 0 N–H and O–H groups in total. The number of carbonyl (C=O) groups excluding carboxylic acids is 1. The van der Waals surface area contributed by atoms with Gasteiger partial charge >= 0.3 is 0 Å². The van der Waals surface area contributed by atoms with Crippen LogP contribution in [0.5, 0.6) is 0 Å². The Bertz CT molecular complexity index is 325. The number of aryl methyl sites for hydroxylation is 1. The first-order valence-electron chi connectivity index (χ1n) is 4.89. The van der Waals surface area contributed by atoms with E-state index in [0.29, 0.717) is 5.78 Å². The van der Waals surface area contributed by atoms with Crippen molar-refractivity contribution in [3.05, 3.63) is 16.1 Å². The minimum Gasteiger partial charge on any atom is -0.300 e. The van der Waals surface area contributed by atoms with Gasteiger partial charge in [-0.25, -0.2) is 4.98 Å². The van der Waals surface area contributed by atoms with Crippen molar-refractivity contribution in [2.75, 3.05) is 13.1 Å². The average Bonchev–Trinajstić information content (AvgIpc) is 2.56. The lowest BCUT2D eigenvalue weighted by atomic mass is 10.1. The topological polar surface area (TPSA) is 33.2 Å². The van der Waals surface area contributed by atoms with Crippen molar-refractivity contribution in [3.8, 4) is 0 Å². The normalized spacial score (nSPS) is 18.8. The van der Waals surface area contributed by atoms with Crippen LogP contribution in [0.1, 0.15) is 23.4 Å². The summed E-state index contributed by atoms with van der Waals surface area (Å²) in [6.07, 6.45) is 1.44. The highest BCUT2D eigenvalue weighted by atomic mass is 32.1. The van der Waals surface area contributed by atoms with Gasteiger partial charge in [-0.05, 0) is 6.92 Å². The second kappa shape index (κ2) is 4.19. The van der Waals surface area contributed by atoms with E-state index in [1.165, 1.54) is 4.88 Å². The van der Waals surface area contributed by atoms with E-state index in [1.807, 2.05) is 12.4 Å². The van der Waals surface area contributed by atoms with Gasteiger partial charge in [-0.3, -0.25) is 9.69 Å². The van der Waals surface area contributed by atoms with Crippen molar-refractivity contribution in [1.82, 2.24) is 9.88 Å². The van der Waals surface area contributed by atoms with Gasteiger partial charge in [-0.15, -0.1) is 11.3 Å². The molecule has 1 saturated heterocycles. The van der Waals surface area contributed by atoms with E-state index in [4.69, 9.17) is 0 Å². The predicted octanol–water partition coefficient (Wildman–Crippen LogP) is 1.62. The summed E-state index contributed by atoms with van der Waals surface area (Å²) in [6.45, 7) is 4.83. The van der Waals surface area contributed by atoms with Crippen molar-refractivity contribution in [1.29, 1.82) is 0 Å². The van der Waals surface area contributed by atoms with Gasteiger partial charge in [0, 0.05) is 37.4 Å². The predicted molar refractivity (Wildman–Crippen MR) is 56.4 cm³/mol. The lowest BCUT2D eigenvalue weighted by Gasteiger charge is -2.25. The van der Waals surface area contributed by atoms with E-state index in [1.54, 1.807) is 11.3 Å². The highest BCUT2D eigenvalue weighted by molar-refractivity contribution is 7.09. The van der Waals surface area contributed by atoms with Crippen molar-refractivity contribution >= 4 is 17.1 Å². The number of nitrogens with zero attached hydrogens (tertiary/aromatic N) is 2. The van der Waals surface area contributed by atoms with E-state index in [-0.39, 0.29) is 0 Å². The van der Waals surface area contributed by atoms with Crippen LogP contribution in [0.4, 0.5) is 0 Å². The molecule has 0 atom stereocenters. The maximum Gasteiger partial charge on any atom is 0.135 e. The maximum atomic E-state index is 11.0. The highest BCUT2D eigenvalue weighted by Crippen LogP contribution is 2.17. The summed E-state index contributed by atoms with van der Waals surface area (Å²) in [5, 5.41) is 0. The molecule has 2 heterocycles. The summed E-state index contributed by atoms with van der Waals surface area (Å²) in [5.74, 6) is 0.405. The van der Waals surface area contributed by atoms with Crippen molar-refractivity contribution < 1.29 is 4.79 Å². The number of hydrogen-bond acceptors (Lipinski definition) is 4. The summed E-state index contributed by atoms with van der Waals surface area (Å²) in [7, 11) is 0. The van der Waals surface area contributed by atoms with E-state index in [2.05, 4.69) is 9.88 Å². The first kappa shape index (κ1) is 9.80. The number of likely N-dealkylation sites (tertiary alicyclic amines) is 1. The molecular formula is C10H14N2OS. The zero-order valence-electron chi connectivity index (χ0n) is 8.32. The molecular weight excluding hydrogens is 196 g/mol. The summed E-state index contributed by atoms with van der Waals surface area (Å²) in [5.41, 5.74) is 3.02. The third kappa shape index (κ3) is 2.19. The molecule has 0 aromatic carbocycles. The minimum atomic E-state index is 0.405. The number of aromatic nitrogens is 1. The molecule has 1 aromatic rings. The summed E-state index contributed by atoms with van der Waals surface area (Å²) < 4.78 is 0. The number of carbonyl (C=O) groups is 1. The number of hydrogen-bond donors (Lipinski definition) is 0. The van der Waals surface area contributed by atoms with Crippen molar-refractivity contribution in [2.24, 2.45) is 0 Å². The molecule has 0 amide bonds. The SMILES string of the molecule is Cc1ncsc1CN1CCC(=O)CC1. The Morgan fingerprint density at radius 2 is 2.21 bits per heavy atom.